The molecule has 0 saturated carbocycles. The van der Waals surface area contributed by atoms with Crippen LogP contribution in [-0.2, 0) is 17.8 Å². The van der Waals surface area contributed by atoms with Gasteiger partial charge >= 0.3 is 0 Å². The highest BCUT2D eigenvalue weighted by Crippen LogP contribution is 2.29. The van der Waals surface area contributed by atoms with Crippen LogP contribution in [0.3, 0.4) is 0 Å². The molecule has 0 unspecified atom stereocenters. The number of carbonyl (C=O) groups is 2. The maximum absolute atomic E-state index is 12.5. The Hall–Kier alpha value is -2.70. The van der Waals surface area contributed by atoms with Gasteiger partial charge in [0, 0.05) is 38.7 Å². The van der Waals surface area contributed by atoms with Gasteiger partial charge in [-0.1, -0.05) is 5.16 Å². The molecule has 1 aromatic heterocycles. The van der Waals surface area contributed by atoms with Gasteiger partial charge in [-0.2, -0.15) is 4.98 Å². The van der Waals surface area contributed by atoms with E-state index in [1.807, 2.05) is 12.1 Å². The lowest BCUT2D eigenvalue weighted by molar-refractivity contribution is -0.116. The quantitative estimate of drug-likeness (QED) is 0.859. The van der Waals surface area contributed by atoms with Crippen LogP contribution in [0.1, 0.15) is 34.6 Å². The molecule has 0 atom stereocenters. The van der Waals surface area contributed by atoms with Gasteiger partial charge < -0.3 is 14.3 Å². The van der Waals surface area contributed by atoms with Crippen molar-refractivity contribution in [3.8, 4) is 0 Å². The minimum atomic E-state index is -0.114. The number of carbonyl (C=O) groups excluding carboxylic acids is 2. The van der Waals surface area contributed by atoms with Crippen LogP contribution in [-0.4, -0.2) is 40.4 Å². The minimum Gasteiger partial charge on any atom is -0.340 e. The third-order valence-corrected chi connectivity index (χ3v) is 3.90. The van der Waals surface area contributed by atoms with E-state index in [2.05, 4.69) is 10.1 Å². The lowest BCUT2D eigenvalue weighted by Gasteiger charge is -2.17. The number of aryl methyl sites for hydroxylation is 1. The van der Waals surface area contributed by atoms with Crippen LogP contribution in [0.5, 0.6) is 0 Å². The fourth-order valence-corrected chi connectivity index (χ4v) is 2.77. The van der Waals surface area contributed by atoms with Gasteiger partial charge in [-0.15, -0.1) is 0 Å². The monoisotopic (exact) mass is 314 g/mol. The first-order chi connectivity index (χ1) is 11.0. The zero-order valence-corrected chi connectivity index (χ0v) is 13.4. The Morgan fingerprint density at radius 2 is 2.17 bits per heavy atom. The molecule has 0 radical (unpaired) electrons. The van der Waals surface area contributed by atoms with E-state index in [1.54, 1.807) is 36.8 Å². The highest BCUT2D eigenvalue weighted by Gasteiger charge is 2.24. The Bertz CT molecular complexity index is 768. The predicted octanol–water partition coefficient (Wildman–Crippen LogP) is 1.56. The van der Waals surface area contributed by atoms with Crippen LogP contribution in [0.2, 0.25) is 0 Å². The maximum atomic E-state index is 12.5. The Labute approximate surface area is 133 Å². The average Bonchev–Trinajstić information content (AvgIpc) is 3.11. The summed E-state index contributed by atoms with van der Waals surface area (Å²) in [7, 11) is 1.70. The van der Waals surface area contributed by atoms with Crippen molar-refractivity contribution in [2.45, 2.75) is 26.8 Å². The number of anilines is 1. The fraction of sp³-hybridized carbons (Fsp3) is 0.375. The van der Waals surface area contributed by atoms with Crippen LogP contribution in [0.15, 0.2) is 22.7 Å². The third kappa shape index (κ3) is 2.94. The second-order valence-electron chi connectivity index (χ2n) is 5.65. The Morgan fingerprint density at radius 3 is 2.83 bits per heavy atom. The highest BCUT2D eigenvalue weighted by atomic mass is 16.5. The van der Waals surface area contributed by atoms with E-state index in [-0.39, 0.29) is 18.4 Å². The average molecular weight is 314 g/mol. The topological polar surface area (TPSA) is 79.5 Å². The molecule has 0 saturated heterocycles. The van der Waals surface area contributed by atoms with Crippen LogP contribution in [0.25, 0.3) is 0 Å². The van der Waals surface area contributed by atoms with Crippen LogP contribution in [0.4, 0.5) is 5.69 Å². The molecule has 3 rings (SSSR count). The summed E-state index contributed by atoms with van der Waals surface area (Å²) in [6.07, 6.45) is 0.768. The van der Waals surface area contributed by atoms with Gasteiger partial charge in [-0.05, 0) is 30.2 Å². The van der Waals surface area contributed by atoms with Gasteiger partial charge in [0.15, 0.2) is 5.82 Å². The summed E-state index contributed by atoms with van der Waals surface area (Å²) in [6, 6.07) is 5.45. The molecule has 120 valence electrons. The van der Waals surface area contributed by atoms with E-state index in [0.29, 0.717) is 23.8 Å². The minimum absolute atomic E-state index is 0.0208. The number of amides is 2. The first-order valence-electron chi connectivity index (χ1n) is 7.41. The second-order valence-corrected chi connectivity index (χ2v) is 5.65. The van der Waals surface area contributed by atoms with Crippen molar-refractivity contribution in [2.75, 3.05) is 18.5 Å². The lowest BCUT2D eigenvalue weighted by Crippen LogP contribution is -2.27. The van der Waals surface area contributed by atoms with Crippen molar-refractivity contribution in [3.63, 3.8) is 0 Å². The normalized spacial score (nSPS) is 13.1. The number of hydrogen-bond donors (Lipinski definition) is 0. The summed E-state index contributed by atoms with van der Waals surface area (Å²) >= 11 is 0. The first kappa shape index (κ1) is 15.2. The fourth-order valence-electron chi connectivity index (χ4n) is 2.77. The maximum Gasteiger partial charge on any atom is 0.254 e. The van der Waals surface area contributed by atoms with Crippen molar-refractivity contribution in [1.29, 1.82) is 0 Å². The molecule has 23 heavy (non-hydrogen) atoms. The summed E-state index contributed by atoms with van der Waals surface area (Å²) in [5.74, 6) is 0.855. The second kappa shape index (κ2) is 5.83. The van der Waals surface area contributed by atoms with Gasteiger partial charge in [-0.25, -0.2) is 0 Å². The van der Waals surface area contributed by atoms with Gasteiger partial charge in [0.25, 0.3) is 5.91 Å². The first-order valence-corrected chi connectivity index (χ1v) is 7.41. The van der Waals surface area contributed by atoms with Crippen LogP contribution < -0.4 is 4.90 Å². The third-order valence-electron chi connectivity index (χ3n) is 3.90. The number of benzene rings is 1. The molecule has 7 nitrogen and oxygen atoms in total. The molecular formula is C16H18N4O3. The molecular weight excluding hydrogens is 296 g/mol. The Morgan fingerprint density at radius 1 is 1.39 bits per heavy atom. The summed E-state index contributed by atoms with van der Waals surface area (Å²) in [5.41, 5.74) is 2.51. The van der Waals surface area contributed by atoms with Gasteiger partial charge in [0.05, 0.1) is 6.54 Å². The molecule has 2 amide bonds. The number of hydrogen-bond acceptors (Lipinski definition) is 5. The molecule has 7 heteroatoms. The Kier molecular flexibility index (Phi) is 3.85. The summed E-state index contributed by atoms with van der Waals surface area (Å²) < 4.78 is 4.91. The van der Waals surface area contributed by atoms with E-state index in [1.165, 1.54) is 0 Å². The van der Waals surface area contributed by atoms with Crippen molar-refractivity contribution in [1.82, 2.24) is 15.0 Å². The van der Waals surface area contributed by atoms with Crippen LogP contribution in [0, 0.1) is 6.92 Å². The molecule has 0 N–H and O–H groups in total. The lowest BCUT2D eigenvalue weighted by atomic mass is 10.1. The van der Waals surface area contributed by atoms with Crippen molar-refractivity contribution in [2.24, 2.45) is 0 Å². The molecule has 1 aliphatic rings. The van der Waals surface area contributed by atoms with Gasteiger partial charge in [-0.3, -0.25) is 9.59 Å². The van der Waals surface area contributed by atoms with E-state index in [0.717, 1.165) is 17.7 Å². The van der Waals surface area contributed by atoms with Crippen LogP contribution >= 0.6 is 0 Å². The Balaban J connectivity index is 1.77. The van der Waals surface area contributed by atoms with Crippen molar-refractivity contribution < 1.29 is 14.1 Å². The summed E-state index contributed by atoms with van der Waals surface area (Å²) in [4.78, 5) is 31.5. The zero-order valence-electron chi connectivity index (χ0n) is 13.4. The predicted molar refractivity (Wildman–Crippen MR) is 83.0 cm³/mol. The molecule has 2 heterocycles. The zero-order chi connectivity index (χ0) is 16.6. The summed E-state index contributed by atoms with van der Waals surface area (Å²) in [6.45, 7) is 4.21. The van der Waals surface area contributed by atoms with E-state index >= 15 is 0 Å². The molecule has 0 aliphatic carbocycles. The standard InChI is InChI=1S/C16H18N4O3/c1-10-17-15(18-23-10)9-19(3)16(22)13-4-5-14-12(8-13)6-7-20(14)11(2)21/h4-5,8H,6-7,9H2,1-3H3. The molecule has 1 aromatic carbocycles. The highest BCUT2D eigenvalue weighted by molar-refractivity contribution is 5.97. The van der Waals surface area contributed by atoms with Crippen molar-refractivity contribution in [3.05, 3.63) is 41.0 Å². The number of nitrogens with zero attached hydrogens (tertiary/aromatic N) is 4. The molecule has 0 spiro atoms. The number of aromatic nitrogens is 2. The molecule has 2 aromatic rings. The van der Waals surface area contributed by atoms with E-state index in [9.17, 15) is 9.59 Å². The van der Waals surface area contributed by atoms with Gasteiger partial charge in [0.1, 0.15) is 0 Å². The van der Waals surface area contributed by atoms with E-state index < -0.39 is 0 Å². The smallest absolute Gasteiger partial charge is 0.254 e. The van der Waals surface area contributed by atoms with Gasteiger partial charge in [0.2, 0.25) is 11.8 Å². The summed E-state index contributed by atoms with van der Waals surface area (Å²) in [5, 5.41) is 3.79. The number of fused-ring (bicyclic) bond motifs is 1. The molecule has 0 bridgehead atoms. The van der Waals surface area contributed by atoms with E-state index in [4.69, 9.17) is 4.52 Å². The SMILES string of the molecule is CC(=O)N1CCc2cc(C(=O)N(C)Cc3noc(C)n3)ccc21. The molecule has 1 aliphatic heterocycles. The largest absolute Gasteiger partial charge is 0.340 e. The molecule has 0 fully saturated rings. The van der Waals surface area contributed by atoms with Crippen molar-refractivity contribution >= 4 is 17.5 Å². The number of rotatable bonds is 3.